The average molecular weight is 468 g/mol. The summed E-state index contributed by atoms with van der Waals surface area (Å²) in [7, 11) is -1.82. The summed E-state index contributed by atoms with van der Waals surface area (Å²) in [6.07, 6.45) is 0.495. The van der Waals surface area contributed by atoms with Crippen LogP contribution in [0.25, 0.3) is 0 Å². The summed E-state index contributed by atoms with van der Waals surface area (Å²) in [6, 6.07) is 2.81. The fraction of sp³-hybridized carbons (Fsp3) is 0.526. The molecule has 182 valence electrons. The van der Waals surface area contributed by atoms with Gasteiger partial charge in [0.25, 0.3) is 11.9 Å². The fourth-order valence-corrected chi connectivity index (χ4v) is 3.01. The lowest BCUT2D eigenvalue weighted by atomic mass is 9.75. The van der Waals surface area contributed by atoms with Gasteiger partial charge in [-0.3, -0.25) is 15.0 Å². The number of carbonyl (C=O) groups is 2. The highest BCUT2D eigenvalue weighted by Crippen LogP contribution is 2.12. The minimum atomic E-state index is -1.82. The SMILES string of the molecule is Cc1ccc(F)c(C(=O)N[C@@H](CCCNC(=N)N[N+](=O)[O-])C(=O)N[C@@H](CC(C)C)B(O)O)c1. The van der Waals surface area contributed by atoms with Gasteiger partial charge in [-0.25, -0.2) is 14.5 Å². The fourth-order valence-electron chi connectivity index (χ4n) is 3.01. The predicted octanol–water partition coefficient (Wildman–Crippen LogP) is -0.139. The van der Waals surface area contributed by atoms with E-state index in [1.165, 1.54) is 12.1 Å². The summed E-state index contributed by atoms with van der Waals surface area (Å²) >= 11 is 0. The minimum Gasteiger partial charge on any atom is -0.426 e. The van der Waals surface area contributed by atoms with E-state index in [9.17, 15) is 34.1 Å². The topological polar surface area (TPSA) is 190 Å². The van der Waals surface area contributed by atoms with Gasteiger partial charge >= 0.3 is 7.12 Å². The number of hydrogen-bond donors (Lipinski definition) is 7. The number of hydrogen-bond acceptors (Lipinski definition) is 7. The highest BCUT2D eigenvalue weighted by Gasteiger charge is 2.30. The van der Waals surface area contributed by atoms with Crippen LogP contribution in [0.2, 0.25) is 0 Å². The first-order chi connectivity index (χ1) is 15.4. The van der Waals surface area contributed by atoms with Gasteiger partial charge in [0.1, 0.15) is 11.9 Å². The Morgan fingerprint density at radius 1 is 1.27 bits per heavy atom. The molecule has 0 fully saturated rings. The lowest BCUT2D eigenvalue weighted by Crippen LogP contribution is -2.54. The standard InChI is InChI=1S/C19H30BFN6O6/c1-11(2)9-16(20(30)31)25-18(29)15(5-4-8-23-19(22)26-27(32)33)24-17(28)13-10-12(3)6-7-14(13)21/h6-7,10-11,15-16,30-31H,4-5,8-9H2,1-3H3,(H,24,28)(H,25,29)(H3,22,23,26)/t15-,16-/m0/s1. The van der Waals surface area contributed by atoms with Crippen LogP contribution in [0.4, 0.5) is 4.39 Å². The molecule has 0 saturated carbocycles. The molecular formula is C19H30BFN6O6. The number of carbonyl (C=O) groups excluding carboxylic acids is 2. The van der Waals surface area contributed by atoms with E-state index >= 15 is 0 Å². The zero-order valence-corrected chi connectivity index (χ0v) is 18.7. The van der Waals surface area contributed by atoms with Crippen LogP contribution in [-0.4, -0.2) is 58.5 Å². The molecule has 0 aliphatic rings. The number of guanidine groups is 1. The summed E-state index contributed by atoms with van der Waals surface area (Å²) in [5.74, 6) is -3.78. The Morgan fingerprint density at radius 3 is 2.52 bits per heavy atom. The number of nitro groups is 1. The first kappa shape index (κ1) is 27.8. The Hall–Kier alpha value is -3.26. The van der Waals surface area contributed by atoms with E-state index in [0.717, 1.165) is 6.07 Å². The van der Waals surface area contributed by atoms with Crippen molar-refractivity contribution in [2.75, 3.05) is 6.54 Å². The molecule has 12 nitrogen and oxygen atoms in total. The molecule has 0 aliphatic heterocycles. The number of amides is 2. The van der Waals surface area contributed by atoms with Gasteiger partial charge in [0, 0.05) is 6.54 Å². The van der Waals surface area contributed by atoms with Crippen LogP contribution in [0.1, 0.15) is 49.0 Å². The molecule has 1 aromatic rings. The van der Waals surface area contributed by atoms with E-state index in [1.807, 2.05) is 13.8 Å². The maximum absolute atomic E-state index is 14.1. The summed E-state index contributed by atoms with van der Waals surface area (Å²) in [6.45, 7) is 5.41. The van der Waals surface area contributed by atoms with Crippen LogP contribution in [-0.2, 0) is 4.79 Å². The monoisotopic (exact) mass is 468 g/mol. The van der Waals surface area contributed by atoms with Gasteiger partial charge < -0.3 is 26.0 Å². The van der Waals surface area contributed by atoms with Crippen molar-refractivity contribution in [3.8, 4) is 0 Å². The largest absolute Gasteiger partial charge is 0.475 e. The maximum atomic E-state index is 14.1. The van der Waals surface area contributed by atoms with Gasteiger partial charge in [0.05, 0.1) is 11.5 Å². The van der Waals surface area contributed by atoms with Crippen molar-refractivity contribution < 1.29 is 29.1 Å². The van der Waals surface area contributed by atoms with Crippen molar-refractivity contribution in [2.24, 2.45) is 5.92 Å². The molecule has 2 atom stereocenters. The van der Waals surface area contributed by atoms with Gasteiger partial charge in [-0.05, 0) is 44.2 Å². The normalized spacial score (nSPS) is 12.5. The second-order valence-electron chi connectivity index (χ2n) is 7.98. The first-order valence-electron chi connectivity index (χ1n) is 10.4. The maximum Gasteiger partial charge on any atom is 0.475 e. The molecule has 33 heavy (non-hydrogen) atoms. The average Bonchev–Trinajstić information content (AvgIpc) is 2.70. The number of aryl methyl sites for hydroxylation is 1. The molecule has 0 bridgehead atoms. The van der Waals surface area contributed by atoms with Crippen LogP contribution in [0.5, 0.6) is 0 Å². The van der Waals surface area contributed by atoms with Crippen LogP contribution in [0, 0.1) is 34.2 Å². The third-order valence-electron chi connectivity index (χ3n) is 4.58. The van der Waals surface area contributed by atoms with Crippen LogP contribution in [0.15, 0.2) is 18.2 Å². The molecule has 0 heterocycles. The van der Waals surface area contributed by atoms with Crippen molar-refractivity contribution >= 4 is 24.9 Å². The molecule has 0 unspecified atom stereocenters. The van der Waals surface area contributed by atoms with Crippen molar-refractivity contribution in [1.82, 2.24) is 21.4 Å². The second kappa shape index (κ2) is 13.3. The van der Waals surface area contributed by atoms with E-state index in [2.05, 4.69) is 16.0 Å². The highest BCUT2D eigenvalue weighted by molar-refractivity contribution is 6.43. The molecule has 0 saturated heterocycles. The van der Waals surface area contributed by atoms with Crippen molar-refractivity contribution in [1.29, 1.82) is 5.41 Å². The molecule has 14 heteroatoms. The summed E-state index contributed by atoms with van der Waals surface area (Å²) < 4.78 is 14.1. The van der Waals surface area contributed by atoms with Crippen molar-refractivity contribution in [3.05, 3.63) is 45.3 Å². The predicted molar refractivity (Wildman–Crippen MR) is 119 cm³/mol. The van der Waals surface area contributed by atoms with E-state index in [4.69, 9.17) is 5.41 Å². The van der Waals surface area contributed by atoms with E-state index < -0.39 is 47.7 Å². The lowest BCUT2D eigenvalue weighted by Gasteiger charge is -2.24. The Labute approximate surface area is 191 Å². The van der Waals surface area contributed by atoms with Crippen LogP contribution >= 0.6 is 0 Å². The molecule has 1 rings (SSSR count). The third kappa shape index (κ3) is 10.3. The summed E-state index contributed by atoms with van der Waals surface area (Å²) in [4.78, 5) is 35.8. The number of nitrogens with one attached hydrogen (secondary N) is 5. The van der Waals surface area contributed by atoms with E-state index in [0.29, 0.717) is 5.56 Å². The highest BCUT2D eigenvalue weighted by atomic mass is 19.1. The Kier molecular flexibility index (Phi) is 11.2. The van der Waals surface area contributed by atoms with Gasteiger partial charge in [-0.1, -0.05) is 30.9 Å². The number of benzene rings is 1. The van der Waals surface area contributed by atoms with Gasteiger partial charge in [-0.2, -0.15) is 0 Å². The van der Waals surface area contributed by atoms with E-state index in [-0.39, 0.29) is 37.3 Å². The Balaban J connectivity index is 2.91. The molecule has 0 aliphatic carbocycles. The number of hydrazine groups is 1. The third-order valence-corrected chi connectivity index (χ3v) is 4.58. The smallest absolute Gasteiger partial charge is 0.426 e. The molecular weight excluding hydrogens is 438 g/mol. The zero-order valence-electron chi connectivity index (χ0n) is 18.7. The van der Waals surface area contributed by atoms with Gasteiger partial charge in [0.15, 0.2) is 5.03 Å². The van der Waals surface area contributed by atoms with Gasteiger partial charge in [0.2, 0.25) is 5.91 Å². The van der Waals surface area contributed by atoms with Crippen molar-refractivity contribution in [3.63, 3.8) is 0 Å². The Morgan fingerprint density at radius 2 is 1.94 bits per heavy atom. The molecule has 0 radical (unpaired) electrons. The number of halogens is 1. The van der Waals surface area contributed by atoms with Crippen LogP contribution in [0.3, 0.4) is 0 Å². The molecule has 2 amide bonds. The zero-order chi connectivity index (χ0) is 25.1. The number of nitrogens with zero attached hydrogens (tertiary/aromatic N) is 1. The van der Waals surface area contributed by atoms with Crippen molar-refractivity contribution in [2.45, 2.75) is 52.0 Å². The lowest BCUT2D eigenvalue weighted by molar-refractivity contribution is -0.525. The first-order valence-corrected chi connectivity index (χ1v) is 10.4. The quantitative estimate of drug-likeness (QED) is 0.0551. The summed E-state index contributed by atoms with van der Waals surface area (Å²) in [5.41, 5.74) is 2.02. The minimum absolute atomic E-state index is 0.0275. The van der Waals surface area contributed by atoms with E-state index in [1.54, 1.807) is 12.3 Å². The second-order valence-corrected chi connectivity index (χ2v) is 7.98. The van der Waals surface area contributed by atoms with Gasteiger partial charge in [-0.15, -0.1) is 0 Å². The Bertz CT molecular complexity index is 856. The number of rotatable bonds is 12. The van der Waals surface area contributed by atoms with Crippen LogP contribution < -0.4 is 21.4 Å². The molecule has 1 aromatic carbocycles. The molecule has 7 N–H and O–H groups in total. The molecule has 0 spiro atoms. The summed E-state index contributed by atoms with van der Waals surface area (Å²) in [5, 5.41) is 43.3. The molecule has 0 aromatic heterocycles.